The van der Waals surface area contributed by atoms with Crippen molar-refractivity contribution in [2.75, 3.05) is 63.5 Å². The number of piperidine rings is 1. The Balaban J connectivity index is 1.14. The SMILES string of the molecule is Cc1nc(N)c(Cl)nc1C(=O)NC1=NCC2(CCN(C(=O)c3ccc(N4CCN(C)CC4)nc3)CC2)N1. The summed E-state index contributed by atoms with van der Waals surface area (Å²) in [4.78, 5) is 49.3. The van der Waals surface area contributed by atoms with Crippen LogP contribution < -0.4 is 21.3 Å². The summed E-state index contributed by atoms with van der Waals surface area (Å²) in [6, 6.07) is 3.80. The van der Waals surface area contributed by atoms with E-state index in [1.165, 1.54) is 0 Å². The molecule has 0 unspecified atom stereocenters. The van der Waals surface area contributed by atoms with E-state index in [-0.39, 0.29) is 28.1 Å². The minimum Gasteiger partial charge on any atom is -0.381 e. The zero-order valence-corrected chi connectivity index (χ0v) is 21.8. The Kier molecular flexibility index (Phi) is 6.86. The fourth-order valence-electron chi connectivity index (χ4n) is 4.87. The van der Waals surface area contributed by atoms with Gasteiger partial charge in [-0.25, -0.2) is 15.0 Å². The number of likely N-dealkylation sites (tertiary alicyclic amines) is 1. The number of aryl methyl sites for hydroxylation is 1. The third-order valence-electron chi connectivity index (χ3n) is 7.25. The Morgan fingerprint density at radius 2 is 1.84 bits per heavy atom. The molecule has 0 atom stereocenters. The van der Waals surface area contributed by atoms with Crippen molar-refractivity contribution in [2.24, 2.45) is 4.99 Å². The molecule has 13 heteroatoms. The van der Waals surface area contributed by atoms with Gasteiger partial charge < -0.3 is 25.8 Å². The van der Waals surface area contributed by atoms with E-state index < -0.39 is 5.91 Å². The molecule has 3 aliphatic heterocycles. The number of hydrogen-bond donors (Lipinski definition) is 3. The Morgan fingerprint density at radius 3 is 2.51 bits per heavy atom. The smallest absolute Gasteiger partial charge is 0.278 e. The van der Waals surface area contributed by atoms with Crippen molar-refractivity contribution in [1.29, 1.82) is 0 Å². The van der Waals surface area contributed by atoms with Crippen molar-refractivity contribution in [2.45, 2.75) is 25.3 Å². The van der Waals surface area contributed by atoms with E-state index in [9.17, 15) is 9.59 Å². The van der Waals surface area contributed by atoms with E-state index in [2.05, 4.69) is 47.4 Å². The lowest BCUT2D eigenvalue weighted by Gasteiger charge is -2.39. The molecule has 196 valence electrons. The summed E-state index contributed by atoms with van der Waals surface area (Å²) < 4.78 is 0. The van der Waals surface area contributed by atoms with Crippen molar-refractivity contribution in [3.63, 3.8) is 0 Å². The second kappa shape index (κ2) is 10.1. The number of carbonyl (C=O) groups is 2. The van der Waals surface area contributed by atoms with Crippen LogP contribution in [0.1, 0.15) is 39.4 Å². The van der Waals surface area contributed by atoms with Crippen LogP contribution in [0, 0.1) is 6.92 Å². The van der Waals surface area contributed by atoms with Crippen molar-refractivity contribution >= 4 is 41.0 Å². The van der Waals surface area contributed by atoms with Gasteiger partial charge in [-0.05, 0) is 38.9 Å². The maximum atomic E-state index is 13.1. The first-order valence-electron chi connectivity index (χ1n) is 12.4. The number of nitrogens with zero attached hydrogens (tertiary/aromatic N) is 7. The zero-order valence-electron chi connectivity index (χ0n) is 21.0. The van der Waals surface area contributed by atoms with Crippen LogP contribution in [0.2, 0.25) is 5.15 Å². The third-order valence-corrected chi connectivity index (χ3v) is 7.53. The molecule has 12 nitrogen and oxygen atoms in total. The lowest BCUT2D eigenvalue weighted by Crippen LogP contribution is -2.57. The number of halogens is 1. The summed E-state index contributed by atoms with van der Waals surface area (Å²) in [6.45, 7) is 7.20. The largest absolute Gasteiger partial charge is 0.381 e. The molecule has 37 heavy (non-hydrogen) atoms. The first-order chi connectivity index (χ1) is 17.7. The van der Waals surface area contributed by atoms with Gasteiger partial charge in [0.2, 0.25) is 0 Å². The number of nitrogens with two attached hydrogens (primary N) is 1. The summed E-state index contributed by atoms with van der Waals surface area (Å²) in [5.41, 5.74) is 6.42. The number of nitrogens with one attached hydrogen (secondary N) is 2. The fraction of sp³-hybridized carbons (Fsp3) is 0.500. The molecule has 2 aromatic heterocycles. The number of pyridine rings is 1. The Morgan fingerprint density at radius 1 is 1.11 bits per heavy atom. The number of carbonyl (C=O) groups excluding carboxylic acids is 2. The molecule has 0 aromatic carbocycles. The van der Waals surface area contributed by atoms with Gasteiger partial charge in [0, 0.05) is 45.5 Å². The minimum atomic E-state index is -0.463. The van der Waals surface area contributed by atoms with Crippen LogP contribution in [-0.2, 0) is 0 Å². The van der Waals surface area contributed by atoms with Crippen LogP contribution in [0.4, 0.5) is 11.6 Å². The van der Waals surface area contributed by atoms with Gasteiger partial charge in [-0.15, -0.1) is 0 Å². The summed E-state index contributed by atoms with van der Waals surface area (Å²) in [6.07, 6.45) is 3.10. The Labute approximate surface area is 220 Å². The van der Waals surface area contributed by atoms with Gasteiger partial charge in [-0.2, -0.15) is 0 Å². The van der Waals surface area contributed by atoms with Crippen LogP contribution in [-0.4, -0.2) is 101 Å². The highest BCUT2D eigenvalue weighted by Crippen LogP contribution is 2.27. The molecule has 5 rings (SSSR count). The molecule has 2 saturated heterocycles. The monoisotopic (exact) mass is 526 g/mol. The highest BCUT2D eigenvalue weighted by molar-refractivity contribution is 6.31. The molecule has 2 fully saturated rings. The fourth-order valence-corrected chi connectivity index (χ4v) is 4.99. The van der Waals surface area contributed by atoms with E-state index in [1.54, 1.807) is 13.1 Å². The molecule has 0 aliphatic carbocycles. The first-order valence-corrected chi connectivity index (χ1v) is 12.7. The second-order valence-corrected chi connectivity index (χ2v) is 10.2. The first kappa shape index (κ1) is 25.2. The van der Waals surface area contributed by atoms with Crippen LogP contribution in [0.5, 0.6) is 0 Å². The van der Waals surface area contributed by atoms with Crippen molar-refractivity contribution in [3.05, 3.63) is 40.4 Å². The number of aliphatic imine (C=N–C) groups is 1. The molecule has 2 amide bonds. The van der Waals surface area contributed by atoms with Gasteiger partial charge in [-0.3, -0.25) is 19.9 Å². The normalized spacial score (nSPS) is 19.5. The lowest BCUT2D eigenvalue weighted by molar-refractivity contribution is 0.0668. The molecular weight excluding hydrogens is 496 g/mol. The maximum absolute atomic E-state index is 13.1. The minimum absolute atomic E-state index is 0.0188. The van der Waals surface area contributed by atoms with Gasteiger partial charge in [0.05, 0.1) is 23.3 Å². The molecule has 0 saturated carbocycles. The lowest BCUT2D eigenvalue weighted by atomic mass is 9.88. The Hall–Kier alpha value is -3.51. The predicted molar refractivity (Wildman–Crippen MR) is 141 cm³/mol. The van der Waals surface area contributed by atoms with Gasteiger partial charge in [0.15, 0.2) is 22.6 Å². The molecule has 3 aliphatic rings. The van der Waals surface area contributed by atoms with E-state index in [0.717, 1.165) is 32.0 Å². The van der Waals surface area contributed by atoms with E-state index >= 15 is 0 Å². The van der Waals surface area contributed by atoms with Crippen LogP contribution in [0.3, 0.4) is 0 Å². The Bertz CT molecular complexity index is 1220. The summed E-state index contributed by atoms with van der Waals surface area (Å²) >= 11 is 5.93. The number of hydrogen-bond acceptors (Lipinski definition) is 10. The quantitative estimate of drug-likeness (QED) is 0.521. The molecule has 0 bridgehead atoms. The third kappa shape index (κ3) is 5.30. The van der Waals surface area contributed by atoms with Crippen LogP contribution >= 0.6 is 11.6 Å². The van der Waals surface area contributed by atoms with Crippen molar-refractivity contribution in [3.8, 4) is 0 Å². The predicted octanol–water partition coefficient (Wildman–Crippen LogP) is 0.531. The van der Waals surface area contributed by atoms with E-state index in [1.807, 2.05) is 17.0 Å². The molecule has 2 aromatic rings. The standard InChI is InChI=1S/C24H31ClN10O2/c1-15-18(30-19(25)20(26)29-15)21(36)31-23-28-14-24(32-23)5-7-35(8-6-24)22(37)16-3-4-17(27-13-16)34-11-9-33(2)10-12-34/h3-4,13H,5-12,14H2,1-2H3,(H2,26,29)(H2,28,31,32,36). The summed E-state index contributed by atoms with van der Waals surface area (Å²) in [5, 5.41) is 6.08. The number of piperazine rings is 1. The average molecular weight is 527 g/mol. The van der Waals surface area contributed by atoms with Gasteiger partial charge in [0.25, 0.3) is 11.8 Å². The van der Waals surface area contributed by atoms with Crippen LogP contribution in [0.25, 0.3) is 0 Å². The van der Waals surface area contributed by atoms with Crippen molar-refractivity contribution < 1.29 is 9.59 Å². The number of guanidine groups is 1. The number of rotatable bonds is 3. The molecule has 1 spiro atoms. The van der Waals surface area contributed by atoms with Crippen molar-refractivity contribution in [1.82, 2.24) is 35.4 Å². The number of aromatic nitrogens is 3. The summed E-state index contributed by atoms with van der Waals surface area (Å²) in [7, 11) is 2.12. The topological polar surface area (TPSA) is 145 Å². The number of amides is 2. The zero-order chi connectivity index (χ0) is 26.2. The van der Waals surface area contributed by atoms with Gasteiger partial charge >= 0.3 is 0 Å². The molecular formula is C24H31ClN10O2. The highest BCUT2D eigenvalue weighted by atomic mass is 35.5. The number of likely N-dealkylation sites (N-methyl/N-ethyl adjacent to an activating group) is 1. The second-order valence-electron chi connectivity index (χ2n) is 9.85. The summed E-state index contributed by atoms with van der Waals surface area (Å²) in [5.74, 6) is 0.882. The number of nitrogen functional groups attached to an aromatic ring is 1. The molecule has 5 heterocycles. The van der Waals surface area contributed by atoms with E-state index in [4.69, 9.17) is 17.3 Å². The highest BCUT2D eigenvalue weighted by Gasteiger charge is 2.40. The average Bonchev–Trinajstić information content (AvgIpc) is 3.28. The van der Waals surface area contributed by atoms with Gasteiger partial charge in [0.1, 0.15) is 5.82 Å². The van der Waals surface area contributed by atoms with E-state index in [0.29, 0.717) is 49.7 Å². The molecule has 4 N–H and O–H groups in total. The van der Waals surface area contributed by atoms with Gasteiger partial charge in [-0.1, -0.05) is 11.6 Å². The number of anilines is 2. The maximum Gasteiger partial charge on any atom is 0.278 e. The van der Waals surface area contributed by atoms with Crippen LogP contribution in [0.15, 0.2) is 23.3 Å². The molecule has 0 radical (unpaired) electrons.